The Labute approximate surface area is 178 Å². The molecule has 0 fully saturated rings. The molecule has 1 amide bonds. The molecule has 0 saturated heterocycles. The second-order valence-corrected chi connectivity index (χ2v) is 9.61. The van der Waals surface area contributed by atoms with Crippen LogP contribution in [0.15, 0.2) is 42.5 Å². The molecule has 1 aliphatic rings. The molecule has 1 unspecified atom stereocenters. The van der Waals surface area contributed by atoms with Crippen LogP contribution in [-0.2, 0) is 14.8 Å². The Morgan fingerprint density at radius 3 is 2.20 bits per heavy atom. The van der Waals surface area contributed by atoms with Gasteiger partial charge in [-0.1, -0.05) is 32.0 Å². The molecule has 3 rings (SSSR count). The van der Waals surface area contributed by atoms with Crippen LogP contribution in [0.1, 0.15) is 43.9 Å². The Hall–Kier alpha value is -2.74. The first-order valence-electron chi connectivity index (χ1n) is 9.91. The van der Waals surface area contributed by atoms with Gasteiger partial charge in [0.15, 0.2) is 11.5 Å². The van der Waals surface area contributed by atoms with Crippen LogP contribution in [0.3, 0.4) is 0 Å². The van der Waals surface area contributed by atoms with E-state index in [2.05, 4.69) is 19.2 Å². The summed E-state index contributed by atoms with van der Waals surface area (Å²) in [4.78, 5) is 12.6. The van der Waals surface area contributed by atoms with Gasteiger partial charge in [-0.2, -0.15) is 0 Å². The molecular formula is C22H28N2O5S. The van der Waals surface area contributed by atoms with Crippen molar-refractivity contribution in [1.82, 2.24) is 5.32 Å². The van der Waals surface area contributed by atoms with E-state index in [4.69, 9.17) is 9.47 Å². The van der Waals surface area contributed by atoms with Gasteiger partial charge in [0.25, 0.3) is 0 Å². The molecule has 1 atom stereocenters. The van der Waals surface area contributed by atoms with E-state index in [0.717, 1.165) is 21.7 Å². The smallest absolute Gasteiger partial charge is 0.241 e. The average Bonchev–Trinajstić information content (AvgIpc) is 2.71. The van der Waals surface area contributed by atoms with Crippen LogP contribution in [0, 0.1) is 0 Å². The molecule has 0 saturated carbocycles. The third-order valence-electron chi connectivity index (χ3n) is 4.98. The number of hydrogen-bond donors (Lipinski definition) is 1. The molecule has 0 bridgehead atoms. The molecule has 2 aromatic rings. The van der Waals surface area contributed by atoms with Crippen LogP contribution in [0.5, 0.6) is 11.5 Å². The van der Waals surface area contributed by atoms with Crippen molar-refractivity contribution in [2.75, 3.05) is 30.3 Å². The zero-order valence-electron chi connectivity index (χ0n) is 17.7. The zero-order valence-corrected chi connectivity index (χ0v) is 18.5. The fourth-order valence-electron chi connectivity index (χ4n) is 3.26. The minimum absolute atomic E-state index is 0.297. The number of hydrogen-bond acceptors (Lipinski definition) is 5. The van der Waals surface area contributed by atoms with Crippen LogP contribution in [-0.4, -0.2) is 40.3 Å². The molecule has 1 aliphatic heterocycles. The molecule has 8 heteroatoms. The number of fused-ring (bicyclic) bond motifs is 1. The molecule has 162 valence electrons. The largest absolute Gasteiger partial charge is 0.486 e. The Bertz CT molecular complexity index is 1000. The molecule has 30 heavy (non-hydrogen) atoms. The monoisotopic (exact) mass is 432 g/mol. The van der Waals surface area contributed by atoms with Crippen LogP contribution in [0.2, 0.25) is 0 Å². The summed E-state index contributed by atoms with van der Waals surface area (Å²) in [5, 5.41) is 2.86. The average molecular weight is 433 g/mol. The Kier molecular flexibility index (Phi) is 6.55. The molecule has 7 nitrogen and oxygen atoms in total. The molecule has 0 aliphatic carbocycles. The maximum Gasteiger partial charge on any atom is 0.241 e. The van der Waals surface area contributed by atoms with Crippen LogP contribution >= 0.6 is 0 Å². The summed E-state index contributed by atoms with van der Waals surface area (Å²) in [7, 11) is -3.62. The van der Waals surface area contributed by atoms with E-state index in [0.29, 0.717) is 36.3 Å². The molecule has 0 aromatic heterocycles. The predicted molar refractivity (Wildman–Crippen MR) is 117 cm³/mol. The summed E-state index contributed by atoms with van der Waals surface area (Å²) in [6, 6.07) is 12.4. The van der Waals surface area contributed by atoms with Gasteiger partial charge in [0, 0.05) is 0 Å². The Morgan fingerprint density at radius 1 is 1.00 bits per heavy atom. The van der Waals surface area contributed by atoms with Crippen LogP contribution in [0.25, 0.3) is 0 Å². The number of rotatable bonds is 7. The lowest BCUT2D eigenvalue weighted by atomic mass is 10.0. The highest BCUT2D eigenvalue weighted by Gasteiger charge is 2.22. The first-order chi connectivity index (χ1) is 14.1. The van der Waals surface area contributed by atoms with Crippen LogP contribution in [0.4, 0.5) is 5.69 Å². The third kappa shape index (κ3) is 5.24. The van der Waals surface area contributed by atoms with Crippen molar-refractivity contribution in [3.05, 3.63) is 53.6 Å². The van der Waals surface area contributed by atoms with E-state index in [1.807, 2.05) is 37.3 Å². The van der Waals surface area contributed by atoms with Gasteiger partial charge in [-0.15, -0.1) is 0 Å². The second-order valence-electron chi connectivity index (χ2n) is 7.71. The van der Waals surface area contributed by atoms with E-state index in [1.165, 1.54) is 0 Å². The molecule has 0 radical (unpaired) electrons. The number of benzene rings is 2. The van der Waals surface area contributed by atoms with Gasteiger partial charge >= 0.3 is 0 Å². The predicted octanol–water partition coefficient (Wildman–Crippen LogP) is 3.22. The fourth-order valence-corrected chi connectivity index (χ4v) is 4.11. The number of amides is 1. The summed E-state index contributed by atoms with van der Waals surface area (Å²) in [5.74, 6) is 1.26. The molecule has 0 spiro atoms. The van der Waals surface area contributed by atoms with Crippen molar-refractivity contribution in [3.63, 3.8) is 0 Å². The number of ether oxygens (including phenoxy) is 2. The van der Waals surface area contributed by atoms with Crippen molar-refractivity contribution in [3.8, 4) is 11.5 Å². The van der Waals surface area contributed by atoms with Crippen molar-refractivity contribution in [2.24, 2.45) is 0 Å². The molecule has 1 heterocycles. The van der Waals surface area contributed by atoms with E-state index >= 15 is 0 Å². The first-order valence-corrected chi connectivity index (χ1v) is 11.8. The number of anilines is 1. The van der Waals surface area contributed by atoms with Gasteiger partial charge in [0.1, 0.15) is 19.8 Å². The van der Waals surface area contributed by atoms with Gasteiger partial charge in [-0.05, 0) is 48.2 Å². The topological polar surface area (TPSA) is 84.9 Å². The Balaban J connectivity index is 1.71. The van der Waals surface area contributed by atoms with Crippen molar-refractivity contribution in [1.29, 1.82) is 0 Å². The number of sulfonamides is 1. The van der Waals surface area contributed by atoms with E-state index in [9.17, 15) is 13.2 Å². The minimum Gasteiger partial charge on any atom is -0.486 e. The lowest BCUT2D eigenvalue weighted by molar-refractivity contribution is -0.120. The standard InChI is InChI=1S/C22H28N2O5S/c1-15(2)17-5-8-19(9-6-17)24(30(4,26)27)14-22(25)23-16(3)18-7-10-20-21(13-18)29-12-11-28-20/h5-10,13,15-16H,11-12,14H2,1-4H3,(H,23,25). The van der Waals surface area contributed by atoms with Gasteiger partial charge in [0.05, 0.1) is 18.0 Å². The van der Waals surface area contributed by atoms with Gasteiger partial charge in [0.2, 0.25) is 15.9 Å². The first kappa shape index (κ1) is 22.0. The lowest BCUT2D eigenvalue weighted by Gasteiger charge is -2.24. The molecule has 2 aromatic carbocycles. The van der Waals surface area contributed by atoms with Gasteiger partial charge < -0.3 is 14.8 Å². The number of nitrogens with zero attached hydrogens (tertiary/aromatic N) is 1. The van der Waals surface area contributed by atoms with E-state index in [1.54, 1.807) is 12.1 Å². The molecule has 1 N–H and O–H groups in total. The second kappa shape index (κ2) is 8.95. The Morgan fingerprint density at radius 2 is 1.60 bits per heavy atom. The number of carbonyl (C=O) groups excluding carboxylic acids is 1. The molecular weight excluding hydrogens is 404 g/mol. The van der Waals surface area contributed by atoms with E-state index in [-0.39, 0.29) is 12.6 Å². The van der Waals surface area contributed by atoms with Gasteiger partial charge in [-0.25, -0.2) is 8.42 Å². The highest BCUT2D eigenvalue weighted by Crippen LogP contribution is 2.32. The minimum atomic E-state index is -3.62. The summed E-state index contributed by atoms with van der Waals surface area (Å²) in [6.07, 6.45) is 1.10. The quantitative estimate of drug-likeness (QED) is 0.726. The van der Waals surface area contributed by atoms with Crippen molar-refractivity contribution >= 4 is 21.6 Å². The maximum atomic E-state index is 12.6. The SMILES string of the molecule is CC(C)c1ccc(N(CC(=O)NC(C)c2ccc3c(c2)OCCO3)S(C)(=O)=O)cc1. The lowest BCUT2D eigenvalue weighted by Crippen LogP contribution is -2.41. The summed E-state index contributed by atoms with van der Waals surface area (Å²) >= 11 is 0. The van der Waals surface area contributed by atoms with Crippen molar-refractivity contribution < 1.29 is 22.7 Å². The normalized spacial score (nSPS) is 14.3. The van der Waals surface area contributed by atoms with Gasteiger partial charge in [-0.3, -0.25) is 9.10 Å². The summed E-state index contributed by atoms with van der Waals surface area (Å²) < 4.78 is 36.9. The summed E-state index contributed by atoms with van der Waals surface area (Å²) in [5.41, 5.74) is 2.41. The third-order valence-corrected chi connectivity index (χ3v) is 6.12. The number of carbonyl (C=O) groups is 1. The maximum absolute atomic E-state index is 12.6. The fraction of sp³-hybridized carbons (Fsp3) is 0.409. The van der Waals surface area contributed by atoms with Crippen molar-refractivity contribution in [2.45, 2.75) is 32.7 Å². The summed E-state index contributed by atoms with van der Waals surface area (Å²) in [6.45, 7) is 6.67. The van der Waals surface area contributed by atoms with Crippen LogP contribution < -0.4 is 19.1 Å². The zero-order chi connectivity index (χ0) is 21.9. The van der Waals surface area contributed by atoms with E-state index < -0.39 is 15.9 Å². The highest BCUT2D eigenvalue weighted by atomic mass is 32.2. The highest BCUT2D eigenvalue weighted by molar-refractivity contribution is 7.92. The number of nitrogens with one attached hydrogen (secondary N) is 1.